The lowest BCUT2D eigenvalue weighted by Crippen LogP contribution is -2.24. The number of nitrogens with zero attached hydrogens (tertiary/aromatic N) is 2. The van der Waals surface area contributed by atoms with Crippen LogP contribution in [0.4, 0.5) is 5.13 Å². The van der Waals surface area contributed by atoms with Crippen LogP contribution in [-0.4, -0.2) is 29.5 Å². The molecule has 0 aromatic carbocycles. The van der Waals surface area contributed by atoms with Crippen molar-refractivity contribution in [3.63, 3.8) is 0 Å². The Morgan fingerprint density at radius 1 is 1.37 bits per heavy atom. The SMILES string of the molecule is CNCC(=O)Nc1nc(-c2sc(C)nc2C)cs1.Cl. The summed E-state index contributed by atoms with van der Waals surface area (Å²) in [6.07, 6.45) is 0. The summed E-state index contributed by atoms with van der Waals surface area (Å²) in [6, 6.07) is 0. The lowest BCUT2D eigenvalue weighted by atomic mass is 10.3. The molecule has 19 heavy (non-hydrogen) atoms. The number of nitrogens with one attached hydrogen (secondary N) is 2. The van der Waals surface area contributed by atoms with Gasteiger partial charge in [-0.05, 0) is 20.9 Å². The molecule has 2 N–H and O–H groups in total. The molecule has 2 heterocycles. The first-order valence-electron chi connectivity index (χ1n) is 5.44. The first-order chi connectivity index (χ1) is 8.60. The molecule has 2 rings (SSSR count). The number of carbonyl (C=O) groups is 1. The summed E-state index contributed by atoms with van der Waals surface area (Å²) >= 11 is 3.04. The summed E-state index contributed by atoms with van der Waals surface area (Å²) in [6.45, 7) is 4.23. The number of halogens is 1. The molecule has 0 unspecified atom stereocenters. The first kappa shape index (κ1) is 16.0. The molecule has 104 valence electrons. The van der Waals surface area contributed by atoms with Crippen LogP contribution < -0.4 is 10.6 Å². The minimum absolute atomic E-state index is 0. The second kappa shape index (κ2) is 6.95. The average Bonchev–Trinajstić information content (AvgIpc) is 2.85. The minimum Gasteiger partial charge on any atom is -0.311 e. The summed E-state index contributed by atoms with van der Waals surface area (Å²) in [7, 11) is 1.73. The molecule has 0 fully saturated rings. The Kier molecular flexibility index (Phi) is 5.86. The predicted molar refractivity (Wildman–Crippen MR) is 82.5 cm³/mol. The number of hydrogen-bond acceptors (Lipinski definition) is 6. The van der Waals surface area contributed by atoms with Gasteiger partial charge >= 0.3 is 0 Å². The van der Waals surface area contributed by atoms with E-state index >= 15 is 0 Å². The molecule has 8 heteroatoms. The van der Waals surface area contributed by atoms with E-state index in [4.69, 9.17) is 0 Å². The lowest BCUT2D eigenvalue weighted by Gasteiger charge is -1.99. The molecular weight excluding hydrogens is 304 g/mol. The maximum absolute atomic E-state index is 11.4. The summed E-state index contributed by atoms with van der Waals surface area (Å²) < 4.78 is 0. The number of amides is 1. The van der Waals surface area contributed by atoms with Crippen molar-refractivity contribution in [1.82, 2.24) is 15.3 Å². The third-order valence-corrected chi connectivity index (χ3v) is 4.08. The molecular formula is C11H15ClN4OS2. The summed E-state index contributed by atoms with van der Waals surface area (Å²) in [5.74, 6) is -0.0874. The van der Waals surface area contributed by atoms with Crippen LogP contribution in [0.25, 0.3) is 10.6 Å². The Morgan fingerprint density at radius 2 is 2.11 bits per heavy atom. The van der Waals surface area contributed by atoms with Gasteiger partial charge in [-0.1, -0.05) is 0 Å². The summed E-state index contributed by atoms with van der Waals surface area (Å²) in [5.41, 5.74) is 1.86. The smallest absolute Gasteiger partial charge is 0.240 e. The van der Waals surface area contributed by atoms with Crippen LogP contribution in [0.1, 0.15) is 10.7 Å². The zero-order chi connectivity index (χ0) is 13.1. The first-order valence-corrected chi connectivity index (χ1v) is 7.14. The zero-order valence-corrected chi connectivity index (χ0v) is 13.3. The molecule has 2 aromatic heterocycles. The van der Waals surface area contributed by atoms with Gasteiger partial charge < -0.3 is 10.6 Å². The molecule has 0 saturated carbocycles. The van der Waals surface area contributed by atoms with E-state index in [9.17, 15) is 4.79 Å². The average molecular weight is 319 g/mol. The van der Waals surface area contributed by atoms with Gasteiger partial charge in [0, 0.05) is 5.38 Å². The van der Waals surface area contributed by atoms with Gasteiger partial charge in [0.2, 0.25) is 5.91 Å². The van der Waals surface area contributed by atoms with E-state index in [0.29, 0.717) is 5.13 Å². The third-order valence-electron chi connectivity index (χ3n) is 2.22. The summed E-state index contributed by atoms with van der Waals surface area (Å²) in [5, 5.41) is 9.13. The second-order valence-electron chi connectivity index (χ2n) is 3.76. The van der Waals surface area contributed by atoms with Crippen LogP contribution in [-0.2, 0) is 4.79 Å². The van der Waals surface area contributed by atoms with Gasteiger partial charge in [-0.2, -0.15) is 0 Å². The fraction of sp³-hybridized carbons (Fsp3) is 0.364. The highest BCUT2D eigenvalue weighted by molar-refractivity contribution is 7.16. The Morgan fingerprint density at radius 3 is 2.68 bits per heavy atom. The Balaban J connectivity index is 0.00000180. The molecule has 0 bridgehead atoms. The van der Waals surface area contributed by atoms with E-state index in [1.165, 1.54) is 11.3 Å². The van der Waals surface area contributed by atoms with Gasteiger partial charge in [0.1, 0.15) is 0 Å². The van der Waals surface area contributed by atoms with E-state index in [-0.39, 0.29) is 24.9 Å². The molecule has 1 amide bonds. The van der Waals surface area contributed by atoms with Crippen LogP contribution in [0.15, 0.2) is 5.38 Å². The van der Waals surface area contributed by atoms with E-state index in [2.05, 4.69) is 20.6 Å². The molecule has 0 saturated heterocycles. The largest absolute Gasteiger partial charge is 0.311 e. The maximum atomic E-state index is 11.4. The van der Waals surface area contributed by atoms with Crippen LogP contribution in [0, 0.1) is 13.8 Å². The topological polar surface area (TPSA) is 66.9 Å². The fourth-order valence-corrected chi connectivity index (χ4v) is 3.20. The van der Waals surface area contributed by atoms with Crippen molar-refractivity contribution < 1.29 is 4.79 Å². The van der Waals surface area contributed by atoms with E-state index in [1.54, 1.807) is 18.4 Å². The van der Waals surface area contributed by atoms with Crippen LogP contribution in [0.2, 0.25) is 0 Å². The van der Waals surface area contributed by atoms with E-state index in [0.717, 1.165) is 21.3 Å². The van der Waals surface area contributed by atoms with E-state index < -0.39 is 0 Å². The number of thiazole rings is 2. The lowest BCUT2D eigenvalue weighted by molar-refractivity contribution is -0.115. The molecule has 0 aliphatic heterocycles. The van der Waals surface area contributed by atoms with Crippen LogP contribution in [0.3, 0.4) is 0 Å². The number of rotatable bonds is 4. The number of hydrogen-bond donors (Lipinski definition) is 2. The molecule has 0 aliphatic rings. The zero-order valence-electron chi connectivity index (χ0n) is 10.8. The van der Waals surface area contributed by atoms with Gasteiger partial charge in [-0.3, -0.25) is 4.79 Å². The predicted octanol–water partition coefficient (Wildman–Crippen LogP) is 2.46. The van der Waals surface area contributed by atoms with Crippen molar-refractivity contribution in [1.29, 1.82) is 0 Å². The number of anilines is 1. The van der Waals surface area contributed by atoms with E-state index in [1.807, 2.05) is 19.2 Å². The van der Waals surface area contributed by atoms with Crippen LogP contribution >= 0.6 is 35.1 Å². The van der Waals surface area contributed by atoms with Gasteiger partial charge in [-0.25, -0.2) is 9.97 Å². The highest BCUT2D eigenvalue weighted by Gasteiger charge is 2.12. The van der Waals surface area contributed by atoms with Crippen molar-refractivity contribution >= 4 is 46.1 Å². The monoisotopic (exact) mass is 318 g/mol. The Hall–Kier alpha value is -1.02. The molecule has 2 aromatic rings. The molecule has 5 nitrogen and oxygen atoms in total. The van der Waals surface area contributed by atoms with Crippen molar-refractivity contribution in [2.75, 3.05) is 18.9 Å². The standard InChI is InChI=1S/C11H14N4OS2.ClH/c1-6-10(18-7(2)13-6)8-5-17-11(14-8)15-9(16)4-12-3;/h5,12H,4H2,1-3H3,(H,14,15,16);1H. The fourth-order valence-electron chi connectivity index (χ4n) is 1.53. The minimum atomic E-state index is -0.0874. The van der Waals surface area contributed by atoms with Crippen molar-refractivity contribution in [2.45, 2.75) is 13.8 Å². The number of aryl methyl sites for hydroxylation is 2. The number of carbonyl (C=O) groups excluding carboxylic acids is 1. The summed E-state index contributed by atoms with van der Waals surface area (Å²) in [4.78, 5) is 21.3. The van der Waals surface area contributed by atoms with Gasteiger partial charge in [0.15, 0.2) is 5.13 Å². The second-order valence-corrected chi connectivity index (χ2v) is 5.83. The quantitative estimate of drug-likeness (QED) is 0.908. The Labute approximate surface area is 125 Å². The highest BCUT2D eigenvalue weighted by atomic mass is 35.5. The Bertz CT molecular complexity index is 567. The highest BCUT2D eigenvalue weighted by Crippen LogP contribution is 2.31. The van der Waals surface area contributed by atoms with Crippen molar-refractivity contribution in [3.05, 3.63) is 16.1 Å². The maximum Gasteiger partial charge on any atom is 0.240 e. The van der Waals surface area contributed by atoms with Gasteiger partial charge in [0.25, 0.3) is 0 Å². The molecule has 0 aliphatic carbocycles. The number of likely N-dealkylation sites (N-methyl/N-ethyl adjacent to an activating group) is 1. The van der Waals surface area contributed by atoms with Gasteiger partial charge in [0.05, 0.1) is 27.8 Å². The third kappa shape index (κ3) is 3.97. The van der Waals surface area contributed by atoms with Crippen molar-refractivity contribution in [2.24, 2.45) is 0 Å². The van der Waals surface area contributed by atoms with Gasteiger partial charge in [-0.15, -0.1) is 35.1 Å². The van der Waals surface area contributed by atoms with Crippen LogP contribution in [0.5, 0.6) is 0 Å². The number of aromatic nitrogens is 2. The normalized spacial score (nSPS) is 10.1. The van der Waals surface area contributed by atoms with Crippen molar-refractivity contribution in [3.8, 4) is 10.6 Å². The molecule has 0 radical (unpaired) electrons. The molecule has 0 atom stereocenters. The molecule has 0 spiro atoms.